The molecule has 0 spiro atoms. The molecule has 1 saturated heterocycles. The third-order valence-corrected chi connectivity index (χ3v) is 3.97. The Morgan fingerprint density at radius 2 is 2.05 bits per heavy atom. The smallest absolute Gasteiger partial charge is 0.219 e. The van der Waals surface area contributed by atoms with E-state index >= 15 is 0 Å². The van der Waals surface area contributed by atoms with Crippen LogP contribution in [0.5, 0.6) is 0 Å². The number of hydrogen-bond acceptors (Lipinski definition) is 2. The number of amides is 1. The molecule has 3 heteroatoms. The molecule has 1 N–H and O–H groups in total. The molecule has 1 aliphatic heterocycles. The maximum atomic E-state index is 11.3. The Balaban J connectivity index is 1.87. The molecule has 2 rings (SSSR count). The van der Waals surface area contributed by atoms with Crippen LogP contribution in [-0.2, 0) is 4.79 Å². The third-order valence-electron chi connectivity index (χ3n) is 3.97. The monoisotopic (exact) mass is 260 g/mol. The van der Waals surface area contributed by atoms with Crippen LogP contribution in [0, 0.1) is 6.92 Å². The Kier molecular flexibility index (Phi) is 4.59. The lowest BCUT2D eigenvalue weighted by Crippen LogP contribution is -2.44. The molecule has 0 aromatic heterocycles. The number of likely N-dealkylation sites (tertiary alicyclic amines) is 1. The molecular weight excluding hydrogens is 236 g/mol. The first-order valence-corrected chi connectivity index (χ1v) is 7.14. The summed E-state index contributed by atoms with van der Waals surface area (Å²) >= 11 is 0. The predicted molar refractivity (Wildman–Crippen MR) is 78.0 cm³/mol. The van der Waals surface area contributed by atoms with Gasteiger partial charge in [-0.2, -0.15) is 0 Å². The minimum atomic E-state index is 0.199. The fourth-order valence-corrected chi connectivity index (χ4v) is 2.75. The standard InChI is InChI=1S/C16H24N2O/c1-12-5-4-6-15(11-12)13(2)17-16-7-9-18(10-8-16)14(3)19/h4-6,11,13,16-17H,7-10H2,1-3H3/t13-/m0/s1. The van der Waals surface area contributed by atoms with Gasteiger partial charge in [0.15, 0.2) is 0 Å². The molecule has 0 radical (unpaired) electrons. The van der Waals surface area contributed by atoms with Gasteiger partial charge in [-0.3, -0.25) is 4.79 Å². The van der Waals surface area contributed by atoms with Crippen LogP contribution in [0.3, 0.4) is 0 Å². The molecule has 3 nitrogen and oxygen atoms in total. The van der Waals surface area contributed by atoms with Gasteiger partial charge in [0, 0.05) is 32.1 Å². The number of nitrogens with one attached hydrogen (secondary N) is 1. The lowest BCUT2D eigenvalue weighted by Gasteiger charge is -2.33. The van der Waals surface area contributed by atoms with Gasteiger partial charge in [0.25, 0.3) is 0 Å². The maximum Gasteiger partial charge on any atom is 0.219 e. The first-order valence-electron chi connectivity index (χ1n) is 7.14. The number of aryl methyl sites for hydroxylation is 1. The molecule has 1 aromatic rings. The normalized spacial score (nSPS) is 18.4. The van der Waals surface area contributed by atoms with E-state index in [4.69, 9.17) is 0 Å². The Morgan fingerprint density at radius 3 is 2.63 bits per heavy atom. The summed E-state index contributed by atoms with van der Waals surface area (Å²) in [6, 6.07) is 9.54. The molecule has 1 aromatic carbocycles. The number of hydrogen-bond donors (Lipinski definition) is 1. The van der Waals surface area contributed by atoms with Crippen molar-refractivity contribution < 1.29 is 4.79 Å². The highest BCUT2D eigenvalue weighted by atomic mass is 16.2. The number of benzene rings is 1. The molecule has 0 unspecified atom stereocenters. The van der Waals surface area contributed by atoms with E-state index in [0.717, 1.165) is 25.9 Å². The van der Waals surface area contributed by atoms with Crippen LogP contribution in [0.15, 0.2) is 24.3 Å². The van der Waals surface area contributed by atoms with E-state index < -0.39 is 0 Å². The van der Waals surface area contributed by atoms with E-state index in [1.165, 1.54) is 11.1 Å². The minimum Gasteiger partial charge on any atom is -0.343 e. The second-order valence-corrected chi connectivity index (χ2v) is 5.58. The summed E-state index contributed by atoms with van der Waals surface area (Å²) in [5, 5.41) is 3.68. The molecule has 0 saturated carbocycles. The van der Waals surface area contributed by atoms with Crippen molar-refractivity contribution in [1.29, 1.82) is 0 Å². The van der Waals surface area contributed by atoms with E-state index in [1.807, 2.05) is 4.90 Å². The summed E-state index contributed by atoms with van der Waals surface area (Å²) < 4.78 is 0. The molecule has 1 amide bonds. The number of carbonyl (C=O) groups is 1. The van der Waals surface area contributed by atoms with E-state index in [-0.39, 0.29) is 5.91 Å². The SMILES string of the molecule is CC(=O)N1CCC(N[C@@H](C)c2cccc(C)c2)CC1. The van der Waals surface area contributed by atoms with E-state index in [0.29, 0.717) is 12.1 Å². The van der Waals surface area contributed by atoms with Gasteiger partial charge >= 0.3 is 0 Å². The zero-order valence-electron chi connectivity index (χ0n) is 12.1. The van der Waals surface area contributed by atoms with Crippen molar-refractivity contribution in [2.45, 2.75) is 45.7 Å². The molecule has 104 valence electrons. The number of rotatable bonds is 3. The largest absolute Gasteiger partial charge is 0.343 e. The molecule has 0 bridgehead atoms. The van der Waals surface area contributed by atoms with Gasteiger partial charge in [0.2, 0.25) is 5.91 Å². The van der Waals surface area contributed by atoms with Crippen molar-refractivity contribution in [2.24, 2.45) is 0 Å². The van der Waals surface area contributed by atoms with Crippen molar-refractivity contribution in [2.75, 3.05) is 13.1 Å². The first kappa shape index (κ1) is 14.1. The zero-order chi connectivity index (χ0) is 13.8. The van der Waals surface area contributed by atoms with E-state index in [1.54, 1.807) is 6.92 Å². The summed E-state index contributed by atoms with van der Waals surface area (Å²) in [7, 11) is 0. The van der Waals surface area contributed by atoms with Crippen molar-refractivity contribution in [1.82, 2.24) is 10.2 Å². The summed E-state index contributed by atoms with van der Waals surface area (Å²) in [6.07, 6.45) is 2.10. The summed E-state index contributed by atoms with van der Waals surface area (Å²) in [5.74, 6) is 0.199. The van der Waals surface area contributed by atoms with Crippen LogP contribution in [0.2, 0.25) is 0 Å². The fraction of sp³-hybridized carbons (Fsp3) is 0.562. The lowest BCUT2D eigenvalue weighted by atomic mass is 10.0. The van der Waals surface area contributed by atoms with Gasteiger partial charge in [-0.1, -0.05) is 29.8 Å². The van der Waals surface area contributed by atoms with Gasteiger partial charge in [0.1, 0.15) is 0 Å². The molecule has 1 heterocycles. The van der Waals surface area contributed by atoms with Gasteiger partial charge in [-0.05, 0) is 32.3 Å². The van der Waals surface area contributed by atoms with Crippen molar-refractivity contribution >= 4 is 5.91 Å². The molecule has 1 aliphatic rings. The first-order chi connectivity index (χ1) is 9.06. The van der Waals surface area contributed by atoms with Gasteiger partial charge < -0.3 is 10.2 Å². The molecule has 1 fully saturated rings. The van der Waals surface area contributed by atoms with Crippen LogP contribution < -0.4 is 5.32 Å². The third kappa shape index (κ3) is 3.80. The average Bonchev–Trinajstić information content (AvgIpc) is 2.39. The number of piperidine rings is 1. The van der Waals surface area contributed by atoms with Gasteiger partial charge in [-0.25, -0.2) is 0 Å². The quantitative estimate of drug-likeness (QED) is 0.906. The Hall–Kier alpha value is -1.35. The lowest BCUT2D eigenvalue weighted by molar-refractivity contribution is -0.129. The van der Waals surface area contributed by atoms with E-state index in [2.05, 4.69) is 43.4 Å². The van der Waals surface area contributed by atoms with E-state index in [9.17, 15) is 4.79 Å². The predicted octanol–water partition coefficient (Wildman–Crippen LogP) is 2.66. The average molecular weight is 260 g/mol. The maximum absolute atomic E-state index is 11.3. The Morgan fingerprint density at radius 1 is 1.37 bits per heavy atom. The van der Waals surface area contributed by atoms with Crippen molar-refractivity contribution in [3.63, 3.8) is 0 Å². The summed E-state index contributed by atoms with van der Waals surface area (Å²) in [6.45, 7) is 7.76. The summed E-state index contributed by atoms with van der Waals surface area (Å²) in [4.78, 5) is 13.2. The summed E-state index contributed by atoms with van der Waals surface area (Å²) in [5.41, 5.74) is 2.64. The molecule has 19 heavy (non-hydrogen) atoms. The van der Waals surface area contributed by atoms with Gasteiger partial charge in [-0.15, -0.1) is 0 Å². The fourth-order valence-electron chi connectivity index (χ4n) is 2.75. The van der Waals surface area contributed by atoms with Crippen LogP contribution in [-0.4, -0.2) is 29.9 Å². The van der Waals surface area contributed by atoms with Crippen LogP contribution in [0.25, 0.3) is 0 Å². The highest BCUT2D eigenvalue weighted by molar-refractivity contribution is 5.73. The highest BCUT2D eigenvalue weighted by Gasteiger charge is 2.21. The second-order valence-electron chi connectivity index (χ2n) is 5.58. The van der Waals surface area contributed by atoms with Crippen LogP contribution >= 0.6 is 0 Å². The Labute approximate surface area is 116 Å². The molecule has 1 atom stereocenters. The minimum absolute atomic E-state index is 0.199. The van der Waals surface area contributed by atoms with Crippen molar-refractivity contribution in [3.8, 4) is 0 Å². The topological polar surface area (TPSA) is 32.3 Å². The van der Waals surface area contributed by atoms with Crippen molar-refractivity contribution in [3.05, 3.63) is 35.4 Å². The molecular formula is C16H24N2O. The van der Waals surface area contributed by atoms with Gasteiger partial charge in [0.05, 0.1) is 0 Å². The van der Waals surface area contributed by atoms with Crippen LogP contribution in [0.1, 0.15) is 43.9 Å². The molecule has 0 aliphatic carbocycles. The van der Waals surface area contributed by atoms with Crippen LogP contribution in [0.4, 0.5) is 0 Å². The second kappa shape index (κ2) is 6.20. The Bertz CT molecular complexity index is 436. The number of nitrogens with zero attached hydrogens (tertiary/aromatic N) is 1. The number of carbonyl (C=O) groups excluding carboxylic acids is 1. The zero-order valence-corrected chi connectivity index (χ0v) is 12.1. The highest BCUT2D eigenvalue weighted by Crippen LogP contribution is 2.18.